The minimum atomic E-state index is 0.120. The molecule has 0 saturated carbocycles. The monoisotopic (exact) mass is 325 g/mol. The van der Waals surface area contributed by atoms with Gasteiger partial charge in [-0.1, -0.05) is 68.3 Å². The molecule has 0 fully saturated rings. The van der Waals surface area contributed by atoms with E-state index in [1.165, 1.54) is 5.56 Å². The molecule has 0 aliphatic rings. The zero-order valence-corrected chi connectivity index (χ0v) is 11.1. The number of pyridine rings is 1. The molecule has 0 bridgehead atoms. The first kappa shape index (κ1) is 10.8. The van der Waals surface area contributed by atoms with Gasteiger partial charge in [0.1, 0.15) is 3.74 Å². The van der Waals surface area contributed by atoms with Crippen molar-refractivity contribution in [2.24, 2.45) is 0 Å². The van der Waals surface area contributed by atoms with Gasteiger partial charge < -0.3 is 0 Å². The van der Waals surface area contributed by atoms with Gasteiger partial charge in [-0.15, -0.1) is 0 Å². The molecule has 1 aromatic carbocycles. The Kier molecular flexibility index (Phi) is 3.54. The molecule has 76 valence electrons. The average Bonchev–Trinajstić information content (AvgIpc) is 2.30. The molecule has 0 radical (unpaired) electrons. The maximum absolute atomic E-state index is 4.36. The van der Waals surface area contributed by atoms with Crippen molar-refractivity contribution < 1.29 is 0 Å². The number of hydrogen-bond acceptors (Lipinski definition) is 1. The van der Waals surface area contributed by atoms with E-state index in [4.69, 9.17) is 0 Å². The van der Waals surface area contributed by atoms with Crippen LogP contribution in [0.15, 0.2) is 48.7 Å². The predicted octanol–water partition coefficient (Wildman–Crippen LogP) is 4.54. The van der Waals surface area contributed by atoms with E-state index < -0.39 is 0 Å². The van der Waals surface area contributed by atoms with Crippen LogP contribution in [0.2, 0.25) is 0 Å². The van der Waals surface area contributed by atoms with E-state index in [1.54, 1.807) is 0 Å². The SMILES string of the molecule is BrC(Br)c1ccc(-c2ccccc2)cn1. The highest BCUT2D eigenvalue weighted by molar-refractivity contribution is 9.24. The molecular formula is C12H9Br2N. The summed E-state index contributed by atoms with van der Waals surface area (Å²) in [6.45, 7) is 0. The van der Waals surface area contributed by atoms with E-state index in [1.807, 2.05) is 30.5 Å². The fourth-order valence-corrected chi connectivity index (χ4v) is 1.88. The van der Waals surface area contributed by atoms with E-state index >= 15 is 0 Å². The Morgan fingerprint density at radius 1 is 0.867 bits per heavy atom. The Morgan fingerprint density at radius 2 is 1.60 bits per heavy atom. The molecule has 1 aromatic heterocycles. The number of aromatic nitrogens is 1. The molecule has 2 aromatic rings. The lowest BCUT2D eigenvalue weighted by molar-refractivity contribution is 1.18. The highest BCUT2D eigenvalue weighted by Crippen LogP contribution is 2.28. The zero-order chi connectivity index (χ0) is 10.7. The summed E-state index contributed by atoms with van der Waals surface area (Å²) in [7, 11) is 0. The maximum atomic E-state index is 4.36. The Morgan fingerprint density at radius 3 is 2.13 bits per heavy atom. The van der Waals surface area contributed by atoms with Gasteiger partial charge >= 0.3 is 0 Å². The fourth-order valence-electron chi connectivity index (χ4n) is 1.34. The maximum Gasteiger partial charge on any atom is 0.112 e. The van der Waals surface area contributed by atoms with Gasteiger partial charge in [-0.05, 0) is 11.6 Å². The van der Waals surface area contributed by atoms with Gasteiger partial charge in [0.25, 0.3) is 0 Å². The van der Waals surface area contributed by atoms with Crippen molar-refractivity contribution in [2.75, 3.05) is 0 Å². The number of halogens is 2. The summed E-state index contributed by atoms with van der Waals surface area (Å²) >= 11 is 6.83. The molecule has 1 heterocycles. The van der Waals surface area contributed by atoms with E-state index in [-0.39, 0.29) is 3.74 Å². The second kappa shape index (κ2) is 4.90. The molecule has 0 saturated heterocycles. The van der Waals surface area contributed by atoms with E-state index in [9.17, 15) is 0 Å². The highest BCUT2D eigenvalue weighted by atomic mass is 79.9. The van der Waals surface area contributed by atoms with Gasteiger partial charge in [0.15, 0.2) is 0 Å². The Hall–Kier alpha value is -0.670. The summed E-state index contributed by atoms with van der Waals surface area (Å²) in [5.41, 5.74) is 3.31. The van der Waals surface area contributed by atoms with Gasteiger partial charge in [-0.3, -0.25) is 4.98 Å². The van der Waals surface area contributed by atoms with Crippen LogP contribution in [0.1, 0.15) is 9.43 Å². The van der Waals surface area contributed by atoms with Gasteiger partial charge in [-0.25, -0.2) is 0 Å². The summed E-state index contributed by atoms with van der Waals surface area (Å²) in [5, 5.41) is 0. The second-order valence-corrected chi connectivity index (χ2v) is 6.20. The molecule has 0 amide bonds. The summed E-state index contributed by atoms with van der Waals surface area (Å²) in [6.07, 6.45) is 1.89. The van der Waals surface area contributed by atoms with Crippen LogP contribution in [0.4, 0.5) is 0 Å². The Bertz CT molecular complexity index is 423. The van der Waals surface area contributed by atoms with Gasteiger partial charge in [0.05, 0.1) is 5.69 Å². The first-order chi connectivity index (χ1) is 7.27. The van der Waals surface area contributed by atoms with Crippen LogP contribution in [0.25, 0.3) is 11.1 Å². The first-order valence-electron chi connectivity index (χ1n) is 4.57. The summed E-state index contributed by atoms with van der Waals surface area (Å²) in [5.74, 6) is 0. The molecule has 0 N–H and O–H groups in total. The summed E-state index contributed by atoms with van der Waals surface area (Å²) in [4.78, 5) is 4.36. The van der Waals surface area contributed by atoms with Gasteiger partial charge in [0.2, 0.25) is 0 Å². The van der Waals surface area contributed by atoms with Crippen molar-refractivity contribution in [1.82, 2.24) is 4.98 Å². The normalized spacial score (nSPS) is 10.6. The summed E-state index contributed by atoms with van der Waals surface area (Å²) in [6, 6.07) is 14.3. The molecule has 2 rings (SSSR count). The molecule has 3 heteroatoms. The molecule has 0 aliphatic carbocycles. The molecular weight excluding hydrogens is 318 g/mol. The smallest absolute Gasteiger partial charge is 0.112 e. The minimum absolute atomic E-state index is 0.120. The molecule has 0 atom stereocenters. The van der Waals surface area contributed by atoms with Crippen molar-refractivity contribution in [2.45, 2.75) is 3.74 Å². The van der Waals surface area contributed by atoms with E-state index in [0.717, 1.165) is 11.3 Å². The Labute approximate surface area is 106 Å². The number of rotatable bonds is 2. The van der Waals surface area contributed by atoms with Gasteiger partial charge in [-0.2, -0.15) is 0 Å². The third kappa shape index (κ3) is 2.67. The van der Waals surface area contributed by atoms with Crippen LogP contribution in [-0.4, -0.2) is 4.98 Å². The minimum Gasteiger partial charge on any atom is -0.259 e. The number of alkyl halides is 2. The molecule has 0 spiro atoms. The van der Waals surface area contributed by atoms with E-state index in [2.05, 4.69) is 55.0 Å². The number of nitrogens with zero attached hydrogens (tertiary/aromatic N) is 1. The lowest BCUT2D eigenvalue weighted by atomic mass is 10.1. The van der Waals surface area contributed by atoms with Crippen LogP contribution in [0.3, 0.4) is 0 Å². The lowest BCUT2D eigenvalue weighted by Crippen LogP contribution is -1.87. The van der Waals surface area contributed by atoms with Crippen molar-refractivity contribution in [3.05, 3.63) is 54.4 Å². The standard InChI is InChI=1S/C12H9Br2N/c13-12(14)11-7-6-10(8-15-11)9-4-2-1-3-5-9/h1-8,12H. The van der Waals surface area contributed by atoms with Crippen molar-refractivity contribution in [3.63, 3.8) is 0 Å². The van der Waals surface area contributed by atoms with Gasteiger partial charge in [0, 0.05) is 11.8 Å². The zero-order valence-electron chi connectivity index (χ0n) is 7.90. The molecule has 0 unspecified atom stereocenters. The van der Waals surface area contributed by atoms with Crippen LogP contribution < -0.4 is 0 Å². The number of benzene rings is 1. The topological polar surface area (TPSA) is 12.9 Å². The van der Waals surface area contributed by atoms with Crippen molar-refractivity contribution in [3.8, 4) is 11.1 Å². The third-order valence-electron chi connectivity index (χ3n) is 2.12. The number of hydrogen-bond donors (Lipinski definition) is 0. The molecule has 1 nitrogen and oxygen atoms in total. The lowest BCUT2D eigenvalue weighted by Gasteiger charge is -2.03. The average molecular weight is 327 g/mol. The predicted molar refractivity (Wildman–Crippen MR) is 70.3 cm³/mol. The van der Waals surface area contributed by atoms with Crippen LogP contribution >= 0.6 is 31.9 Å². The van der Waals surface area contributed by atoms with Crippen molar-refractivity contribution in [1.29, 1.82) is 0 Å². The van der Waals surface area contributed by atoms with Crippen LogP contribution in [0.5, 0.6) is 0 Å². The largest absolute Gasteiger partial charge is 0.259 e. The van der Waals surface area contributed by atoms with Crippen LogP contribution in [0, 0.1) is 0 Å². The van der Waals surface area contributed by atoms with E-state index in [0.29, 0.717) is 0 Å². The molecule has 0 aliphatic heterocycles. The van der Waals surface area contributed by atoms with Crippen LogP contribution in [-0.2, 0) is 0 Å². The first-order valence-corrected chi connectivity index (χ1v) is 6.40. The second-order valence-electron chi connectivity index (χ2n) is 3.14. The fraction of sp³-hybridized carbons (Fsp3) is 0.0833. The summed E-state index contributed by atoms with van der Waals surface area (Å²) < 4.78 is 0.120. The third-order valence-corrected chi connectivity index (χ3v) is 3.06. The quantitative estimate of drug-likeness (QED) is 0.738. The Balaban J connectivity index is 2.32. The van der Waals surface area contributed by atoms with Crippen molar-refractivity contribution >= 4 is 31.9 Å². The molecule has 15 heavy (non-hydrogen) atoms. The highest BCUT2D eigenvalue weighted by Gasteiger charge is 2.03.